The van der Waals surface area contributed by atoms with Gasteiger partial charge in [0.1, 0.15) is 0 Å². The Hall–Kier alpha value is -2.14. The second-order valence-electron chi connectivity index (χ2n) is 3.41. The SMILES string of the molecule is NCc1ccc(CNC(=O)/C=C/C(=O)O)cc1. The minimum atomic E-state index is -1.15. The molecule has 0 heterocycles. The highest BCUT2D eigenvalue weighted by Crippen LogP contribution is 2.03. The number of hydrogen-bond donors (Lipinski definition) is 3. The molecule has 4 N–H and O–H groups in total. The molecule has 1 aromatic rings. The van der Waals surface area contributed by atoms with Crippen LogP contribution in [0.25, 0.3) is 0 Å². The second-order valence-corrected chi connectivity index (χ2v) is 3.41. The first-order chi connectivity index (χ1) is 8.11. The quantitative estimate of drug-likeness (QED) is 0.643. The number of rotatable bonds is 5. The summed E-state index contributed by atoms with van der Waals surface area (Å²) in [4.78, 5) is 21.3. The number of benzene rings is 1. The third-order valence-corrected chi connectivity index (χ3v) is 2.10. The Bertz CT molecular complexity index is 424. The smallest absolute Gasteiger partial charge is 0.328 e. The predicted molar refractivity (Wildman–Crippen MR) is 63.0 cm³/mol. The van der Waals surface area contributed by atoms with E-state index in [-0.39, 0.29) is 0 Å². The zero-order valence-corrected chi connectivity index (χ0v) is 9.22. The molecule has 0 saturated heterocycles. The van der Waals surface area contributed by atoms with Crippen molar-refractivity contribution in [3.8, 4) is 0 Å². The summed E-state index contributed by atoms with van der Waals surface area (Å²) in [7, 11) is 0. The Morgan fingerprint density at radius 2 is 1.76 bits per heavy atom. The van der Waals surface area contributed by atoms with Crippen LogP contribution in [0, 0.1) is 0 Å². The van der Waals surface area contributed by atoms with Gasteiger partial charge in [0.25, 0.3) is 0 Å². The lowest BCUT2D eigenvalue weighted by molar-refractivity contribution is -0.131. The second kappa shape index (κ2) is 6.44. The topological polar surface area (TPSA) is 92.4 Å². The molecule has 1 rings (SSSR count). The van der Waals surface area contributed by atoms with E-state index in [9.17, 15) is 9.59 Å². The van der Waals surface area contributed by atoms with E-state index in [0.717, 1.165) is 23.3 Å². The van der Waals surface area contributed by atoms with Gasteiger partial charge in [0.2, 0.25) is 5.91 Å². The van der Waals surface area contributed by atoms with Crippen molar-refractivity contribution in [1.29, 1.82) is 0 Å². The monoisotopic (exact) mass is 234 g/mol. The zero-order chi connectivity index (χ0) is 12.7. The lowest BCUT2D eigenvalue weighted by Crippen LogP contribution is -2.20. The van der Waals surface area contributed by atoms with E-state index in [4.69, 9.17) is 10.8 Å². The highest BCUT2D eigenvalue weighted by atomic mass is 16.4. The third-order valence-electron chi connectivity index (χ3n) is 2.10. The Morgan fingerprint density at radius 3 is 2.29 bits per heavy atom. The molecule has 90 valence electrons. The molecular formula is C12H14N2O3. The van der Waals surface area contributed by atoms with Gasteiger partial charge in [-0.1, -0.05) is 24.3 Å². The molecule has 1 amide bonds. The van der Waals surface area contributed by atoms with E-state index in [0.29, 0.717) is 13.1 Å². The van der Waals surface area contributed by atoms with Crippen molar-refractivity contribution in [3.63, 3.8) is 0 Å². The van der Waals surface area contributed by atoms with Crippen LogP contribution in [0.1, 0.15) is 11.1 Å². The number of carbonyl (C=O) groups excluding carboxylic acids is 1. The van der Waals surface area contributed by atoms with Crippen molar-refractivity contribution in [2.45, 2.75) is 13.1 Å². The molecule has 0 aromatic heterocycles. The van der Waals surface area contributed by atoms with Gasteiger partial charge in [-0.25, -0.2) is 4.79 Å². The maximum absolute atomic E-state index is 11.2. The average Bonchev–Trinajstić information content (AvgIpc) is 2.34. The number of nitrogens with one attached hydrogen (secondary N) is 1. The molecule has 0 aliphatic heterocycles. The van der Waals surface area contributed by atoms with Gasteiger partial charge < -0.3 is 16.2 Å². The van der Waals surface area contributed by atoms with Gasteiger partial charge >= 0.3 is 5.97 Å². The van der Waals surface area contributed by atoms with E-state index in [2.05, 4.69) is 5.32 Å². The number of hydrogen-bond acceptors (Lipinski definition) is 3. The largest absolute Gasteiger partial charge is 0.478 e. The van der Waals surface area contributed by atoms with E-state index < -0.39 is 11.9 Å². The lowest BCUT2D eigenvalue weighted by Gasteiger charge is -2.03. The van der Waals surface area contributed by atoms with Crippen LogP contribution in [0.4, 0.5) is 0 Å². The van der Waals surface area contributed by atoms with Crippen molar-refractivity contribution in [2.24, 2.45) is 5.73 Å². The highest BCUT2D eigenvalue weighted by molar-refractivity contribution is 5.93. The summed E-state index contributed by atoms with van der Waals surface area (Å²) < 4.78 is 0. The first kappa shape index (κ1) is 12.9. The maximum Gasteiger partial charge on any atom is 0.328 e. The fourth-order valence-corrected chi connectivity index (χ4v) is 1.19. The van der Waals surface area contributed by atoms with Crippen molar-refractivity contribution in [3.05, 3.63) is 47.5 Å². The highest BCUT2D eigenvalue weighted by Gasteiger charge is 1.98. The molecule has 0 aliphatic carbocycles. The number of amides is 1. The van der Waals surface area contributed by atoms with E-state index in [1.807, 2.05) is 24.3 Å². The first-order valence-electron chi connectivity index (χ1n) is 5.08. The normalized spacial score (nSPS) is 10.4. The minimum absolute atomic E-state index is 0.355. The zero-order valence-electron chi connectivity index (χ0n) is 9.22. The number of carboxylic acids is 1. The van der Waals surface area contributed by atoms with Gasteiger partial charge in [-0.2, -0.15) is 0 Å². The van der Waals surface area contributed by atoms with Gasteiger partial charge in [0.05, 0.1) is 0 Å². The molecule has 5 nitrogen and oxygen atoms in total. The lowest BCUT2D eigenvalue weighted by atomic mass is 10.1. The van der Waals surface area contributed by atoms with Crippen LogP contribution in [0.5, 0.6) is 0 Å². The van der Waals surface area contributed by atoms with Gasteiger partial charge in [0, 0.05) is 25.2 Å². The molecule has 0 aliphatic rings. The molecule has 0 fully saturated rings. The summed E-state index contributed by atoms with van der Waals surface area (Å²) in [6.07, 6.45) is 1.78. The average molecular weight is 234 g/mol. The summed E-state index contributed by atoms with van der Waals surface area (Å²) in [5, 5.41) is 10.9. The summed E-state index contributed by atoms with van der Waals surface area (Å²) in [6, 6.07) is 7.50. The molecule has 0 saturated carbocycles. The molecule has 1 aromatic carbocycles. The first-order valence-corrected chi connectivity index (χ1v) is 5.08. The Labute approximate surface area is 98.9 Å². The molecule has 5 heteroatoms. The minimum Gasteiger partial charge on any atom is -0.478 e. The van der Waals surface area contributed by atoms with Crippen molar-refractivity contribution < 1.29 is 14.7 Å². The molecule has 0 atom stereocenters. The number of nitrogens with two attached hydrogens (primary N) is 1. The molecule has 17 heavy (non-hydrogen) atoms. The molecule has 0 spiro atoms. The van der Waals surface area contributed by atoms with Crippen LogP contribution in [0.2, 0.25) is 0 Å². The van der Waals surface area contributed by atoms with Crippen molar-refractivity contribution in [2.75, 3.05) is 0 Å². The van der Waals surface area contributed by atoms with Gasteiger partial charge in [-0.15, -0.1) is 0 Å². The van der Waals surface area contributed by atoms with E-state index in [1.54, 1.807) is 0 Å². The molecule has 0 bridgehead atoms. The van der Waals surface area contributed by atoms with Gasteiger partial charge in [0.15, 0.2) is 0 Å². The fraction of sp³-hybridized carbons (Fsp3) is 0.167. The predicted octanol–water partition coefficient (Wildman–Crippen LogP) is 0.402. The number of carbonyl (C=O) groups is 2. The van der Waals surface area contributed by atoms with Crippen LogP contribution in [-0.4, -0.2) is 17.0 Å². The van der Waals surface area contributed by atoms with Crippen molar-refractivity contribution >= 4 is 11.9 Å². The van der Waals surface area contributed by atoms with Crippen LogP contribution < -0.4 is 11.1 Å². The summed E-state index contributed by atoms with van der Waals surface area (Å²) in [6.45, 7) is 0.835. The number of aliphatic carboxylic acids is 1. The van der Waals surface area contributed by atoms with Crippen LogP contribution in [0.3, 0.4) is 0 Å². The van der Waals surface area contributed by atoms with Gasteiger partial charge in [-0.3, -0.25) is 4.79 Å². The van der Waals surface area contributed by atoms with Crippen LogP contribution in [0.15, 0.2) is 36.4 Å². The molecule has 0 radical (unpaired) electrons. The Morgan fingerprint density at radius 1 is 1.18 bits per heavy atom. The van der Waals surface area contributed by atoms with Gasteiger partial charge in [-0.05, 0) is 11.1 Å². The van der Waals surface area contributed by atoms with E-state index in [1.165, 1.54) is 0 Å². The Balaban J connectivity index is 2.44. The molecule has 0 unspecified atom stereocenters. The standard InChI is InChI=1S/C12H14N2O3/c13-7-9-1-3-10(4-2-9)8-14-11(15)5-6-12(16)17/h1-6H,7-8,13H2,(H,14,15)(H,16,17)/b6-5+. The van der Waals surface area contributed by atoms with Crippen molar-refractivity contribution in [1.82, 2.24) is 5.32 Å². The van der Waals surface area contributed by atoms with Crippen LogP contribution in [-0.2, 0) is 22.7 Å². The summed E-state index contributed by atoms with van der Waals surface area (Å²) >= 11 is 0. The van der Waals surface area contributed by atoms with E-state index >= 15 is 0 Å². The fourth-order valence-electron chi connectivity index (χ4n) is 1.19. The Kier molecular flexibility index (Phi) is 4.90. The number of carboxylic acid groups (broad SMARTS) is 1. The molecular weight excluding hydrogens is 220 g/mol. The summed E-state index contributed by atoms with van der Waals surface area (Å²) in [5.41, 5.74) is 7.40. The third kappa shape index (κ3) is 4.94. The van der Waals surface area contributed by atoms with Crippen LogP contribution >= 0.6 is 0 Å². The summed E-state index contributed by atoms with van der Waals surface area (Å²) in [5.74, 6) is -1.58. The maximum atomic E-state index is 11.2.